The van der Waals surface area contributed by atoms with Crippen molar-refractivity contribution in [2.45, 2.75) is 70.9 Å². The molecule has 1 N–H and O–H groups in total. The summed E-state index contributed by atoms with van der Waals surface area (Å²) >= 11 is 1.57. The molecular weight excluding hydrogens is 270 g/mol. The summed E-state index contributed by atoms with van der Waals surface area (Å²) in [5, 5.41) is 7.90. The maximum Gasteiger partial charge on any atom is 0.0803 e. The van der Waals surface area contributed by atoms with Gasteiger partial charge >= 0.3 is 0 Å². The summed E-state index contributed by atoms with van der Waals surface area (Å²) in [6.07, 6.45) is 8.73. The van der Waals surface area contributed by atoms with Crippen LogP contribution in [0.15, 0.2) is 0 Å². The van der Waals surface area contributed by atoms with Crippen LogP contribution in [0.4, 0.5) is 0 Å². The van der Waals surface area contributed by atoms with Crippen molar-refractivity contribution in [3.05, 3.63) is 10.6 Å². The SMILES string of the molecule is CCCc1nnsc1C(CCCC1CCCO1)NCC. The Labute approximate surface area is 126 Å². The molecule has 1 aromatic heterocycles. The topological polar surface area (TPSA) is 47.0 Å². The van der Waals surface area contributed by atoms with Crippen molar-refractivity contribution < 1.29 is 4.74 Å². The van der Waals surface area contributed by atoms with Crippen LogP contribution in [0, 0.1) is 0 Å². The van der Waals surface area contributed by atoms with Gasteiger partial charge < -0.3 is 10.1 Å². The zero-order chi connectivity index (χ0) is 14.2. The molecule has 2 heterocycles. The van der Waals surface area contributed by atoms with Gasteiger partial charge in [-0.05, 0) is 56.6 Å². The first-order chi connectivity index (χ1) is 9.85. The first-order valence-electron chi connectivity index (χ1n) is 8.01. The predicted octanol–water partition coefficient (Wildman–Crippen LogP) is 3.49. The van der Waals surface area contributed by atoms with Crippen LogP contribution in [0.5, 0.6) is 0 Å². The van der Waals surface area contributed by atoms with Gasteiger partial charge in [0.25, 0.3) is 0 Å². The average Bonchev–Trinajstić information content (AvgIpc) is 3.09. The summed E-state index contributed by atoms with van der Waals surface area (Å²) < 4.78 is 9.86. The van der Waals surface area contributed by atoms with E-state index in [-0.39, 0.29) is 0 Å². The van der Waals surface area contributed by atoms with Crippen molar-refractivity contribution in [3.63, 3.8) is 0 Å². The minimum absolute atomic E-state index is 0.419. The van der Waals surface area contributed by atoms with Gasteiger partial charge in [0.2, 0.25) is 0 Å². The van der Waals surface area contributed by atoms with E-state index in [9.17, 15) is 0 Å². The lowest BCUT2D eigenvalue weighted by Gasteiger charge is -2.18. The van der Waals surface area contributed by atoms with E-state index in [2.05, 4.69) is 28.8 Å². The lowest BCUT2D eigenvalue weighted by molar-refractivity contribution is 0.101. The van der Waals surface area contributed by atoms with Gasteiger partial charge in [-0.2, -0.15) is 0 Å². The average molecular weight is 297 g/mol. The second-order valence-electron chi connectivity index (χ2n) is 5.51. The highest BCUT2D eigenvalue weighted by Gasteiger charge is 2.20. The Bertz CT molecular complexity index is 377. The first-order valence-corrected chi connectivity index (χ1v) is 8.78. The molecule has 1 fully saturated rings. The zero-order valence-corrected chi connectivity index (χ0v) is 13.5. The number of rotatable bonds is 9. The van der Waals surface area contributed by atoms with Crippen LogP contribution in [-0.4, -0.2) is 28.8 Å². The van der Waals surface area contributed by atoms with E-state index in [0.717, 1.165) is 32.4 Å². The molecule has 1 aromatic rings. The van der Waals surface area contributed by atoms with Crippen molar-refractivity contribution >= 4 is 11.5 Å². The first kappa shape index (κ1) is 15.9. The van der Waals surface area contributed by atoms with Gasteiger partial charge in [0, 0.05) is 12.6 Å². The third kappa shape index (κ3) is 4.50. The van der Waals surface area contributed by atoms with Crippen LogP contribution in [-0.2, 0) is 11.2 Å². The summed E-state index contributed by atoms with van der Waals surface area (Å²) in [6, 6.07) is 0.419. The van der Waals surface area contributed by atoms with Gasteiger partial charge in [0.1, 0.15) is 0 Å². The Balaban J connectivity index is 1.86. The molecule has 2 rings (SSSR count). The molecule has 1 aliphatic heterocycles. The minimum atomic E-state index is 0.419. The van der Waals surface area contributed by atoms with Gasteiger partial charge in [0.05, 0.1) is 16.7 Å². The van der Waals surface area contributed by atoms with Crippen LogP contribution in [0.2, 0.25) is 0 Å². The predicted molar refractivity (Wildman–Crippen MR) is 83.1 cm³/mol. The lowest BCUT2D eigenvalue weighted by Crippen LogP contribution is -2.21. The second-order valence-corrected chi connectivity index (χ2v) is 6.30. The summed E-state index contributed by atoms with van der Waals surface area (Å²) in [7, 11) is 0. The molecule has 2 atom stereocenters. The van der Waals surface area contributed by atoms with Gasteiger partial charge in [-0.3, -0.25) is 0 Å². The van der Waals surface area contributed by atoms with Crippen molar-refractivity contribution in [2.75, 3.05) is 13.2 Å². The highest BCUT2D eigenvalue weighted by molar-refractivity contribution is 7.05. The Morgan fingerprint density at radius 3 is 3.05 bits per heavy atom. The van der Waals surface area contributed by atoms with Crippen molar-refractivity contribution in [2.24, 2.45) is 0 Å². The van der Waals surface area contributed by atoms with Crippen LogP contribution in [0.25, 0.3) is 0 Å². The minimum Gasteiger partial charge on any atom is -0.378 e. The van der Waals surface area contributed by atoms with Gasteiger partial charge in [-0.15, -0.1) is 5.10 Å². The normalized spacial score (nSPS) is 20.4. The maximum absolute atomic E-state index is 5.71. The molecule has 0 saturated carbocycles. The number of ether oxygens (including phenoxy) is 1. The summed E-state index contributed by atoms with van der Waals surface area (Å²) in [5.74, 6) is 0. The smallest absolute Gasteiger partial charge is 0.0803 e. The third-order valence-electron chi connectivity index (χ3n) is 3.88. The standard InChI is InChI=1S/C15H27N3OS/c1-3-7-14-15(20-18-17-14)13(16-4-2)10-5-8-12-9-6-11-19-12/h12-13,16H,3-11H2,1-2H3. The van der Waals surface area contributed by atoms with E-state index >= 15 is 0 Å². The van der Waals surface area contributed by atoms with Gasteiger partial charge in [-0.25, -0.2) is 0 Å². The summed E-state index contributed by atoms with van der Waals surface area (Å²) in [4.78, 5) is 1.35. The molecule has 0 radical (unpaired) electrons. The van der Waals surface area contributed by atoms with E-state index in [1.165, 1.54) is 36.3 Å². The summed E-state index contributed by atoms with van der Waals surface area (Å²) in [6.45, 7) is 6.32. The van der Waals surface area contributed by atoms with Crippen molar-refractivity contribution in [1.29, 1.82) is 0 Å². The molecule has 4 nitrogen and oxygen atoms in total. The molecule has 1 aliphatic rings. The van der Waals surface area contributed by atoms with Crippen LogP contribution in [0.3, 0.4) is 0 Å². The van der Waals surface area contributed by atoms with E-state index in [1.54, 1.807) is 11.5 Å². The number of nitrogens with one attached hydrogen (secondary N) is 1. The molecule has 5 heteroatoms. The highest BCUT2D eigenvalue weighted by atomic mass is 32.1. The van der Waals surface area contributed by atoms with Gasteiger partial charge in [0.15, 0.2) is 0 Å². The molecular formula is C15H27N3OS. The van der Waals surface area contributed by atoms with E-state index in [0.29, 0.717) is 12.1 Å². The number of hydrogen-bond donors (Lipinski definition) is 1. The van der Waals surface area contributed by atoms with Crippen LogP contribution in [0.1, 0.15) is 69.0 Å². The molecule has 2 unspecified atom stereocenters. The van der Waals surface area contributed by atoms with Crippen molar-refractivity contribution in [1.82, 2.24) is 14.9 Å². The maximum atomic E-state index is 5.71. The fraction of sp³-hybridized carbons (Fsp3) is 0.867. The molecule has 1 saturated heterocycles. The molecule has 0 spiro atoms. The number of hydrogen-bond acceptors (Lipinski definition) is 5. The van der Waals surface area contributed by atoms with Crippen molar-refractivity contribution in [3.8, 4) is 0 Å². The number of aromatic nitrogens is 2. The lowest BCUT2D eigenvalue weighted by atomic mass is 10.0. The molecule has 0 aromatic carbocycles. The van der Waals surface area contributed by atoms with Crippen LogP contribution >= 0.6 is 11.5 Å². The quantitative estimate of drug-likeness (QED) is 0.758. The molecule has 114 valence electrons. The third-order valence-corrected chi connectivity index (χ3v) is 4.76. The fourth-order valence-electron chi connectivity index (χ4n) is 2.88. The molecule has 20 heavy (non-hydrogen) atoms. The number of nitrogens with zero attached hydrogens (tertiary/aromatic N) is 2. The van der Waals surface area contributed by atoms with Crippen LogP contribution < -0.4 is 5.32 Å². The van der Waals surface area contributed by atoms with E-state index in [1.807, 2.05) is 0 Å². The highest BCUT2D eigenvalue weighted by Crippen LogP contribution is 2.27. The van der Waals surface area contributed by atoms with E-state index in [4.69, 9.17) is 4.74 Å². The van der Waals surface area contributed by atoms with Gasteiger partial charge in [-0.1, -0.05) is 24.8 Å². The largest absolute Gasteiger partial charge is 0.378 e. The molecule has 0 bridgehead atoms. The second kappa shape index (κ2) is 8.70. The monoisotopic (exact) mass is 297 g/mol. The number of aryl methyl sites for hydroxylation is 1. The summed E-state index contributed by atoms with van der Waals surface area (Å²) in [5.41, 5.74) is 1.19. The van der Waals surface area contributed by atoms with E-state index < -0.39 is 0 Å². The zero-order valence-electron chi connectivity index (χ0n) is 12.7. The molecule has 0 aliphatic carbocycles. The Kier molecular flexibility index (Phi) is 6.90. The Morgan fingerprint density at radius 1 is 1.45 bits per heavy atom. The Morgan fingerprint density at radius 2 is 2.35 bits per heavy atom. The fourth-order valence-corrected chi connectivity index (χ4v) is 3.69. The molecule has 0 amide bonds. The Hall–Kier alpha value is -0.520.